The van der Waals surface area contributed by atoms with E-state index in [2.05, 4.69) is 4.98 Å². The number of ketones is 1. The van der Waals surface area contributed by atoms with Crippen molar-refractivity contribution < 1.29 is 22.5 Å². The fourth-order valence-electron chi connectivity index (χ4n) is 4.50. The maximum Gasteiger partial charge on any atom is 0.496 e. The first kappa shape index (κ1) is 20.0. The van der Waals surface area contributed by atoms with E-state index in [1.54, 1.807) is 12.3 Å². The molecule has 6 nitrogen and oxygen atoms in total. The molecule has 0 aliphatic carbocycles. The monoisotopic (exact) mass is 405 g/mol. The zero-order valence-corrected chi connectivity index (χ0v) is 17.8. The van der Waals surface area contributed by atoms with Crippen LogP contribution in [0.4, 0.5) is 0 Å². The molecule has 0 spiro atoms. The van der Waals surface area contributed by atoms with Gasteiger partial charge in [0.25, 0.3) is 0 Å². The lowest BCUT2D eigenvalue weighted by molar-refractivity contribution is 0.00578. The number of sulfone groups is 1. The van der Waals surface area contributed by atoms with Gasteiger partial charge in [0, 0.05) is 17.6 Å². The van der Waals surface area contributed by atoms with E-state index in [-0.39, 0.29) is 22.2 Å². The number of hydrogen-bond donors (Lipinski definition) is 0. The molecule has 28 heavy (non-hydrogen) atoms. The van der Waals surface area contributed by atoms with Gasteiger partial charge in [-0.2, -0.15) is 0 Å². The third-order valence-electron chi connectivity index (χ3n) is 7.01. The number of aromatic nitrogens is 1. The van der Waals surface area contributed by atoms with Gasteiger partial charge in [0.05, 0.1) is 21.7 Å². The fourth-order valence-corrected chi connectivity index (χ4v) is 7.04. The summed E-state index contributed by atoms with van der Waals surface area (Å²) in [4.78, 5) is 17.3. The third kappa shape index (κ3) is 3.23. The lowest BCUT2D eigenvalue weighted by Gasteiger charge is -2.37. The van der Waals surface area contributed by atoms with E-state index in [4.69, 9.17) is 9.31 Å². The Morgan fingerprint density at radius 1 is 1.07 bits per heavy atom. The van der Waals surface area contributed by atoms with E-state index < -0.39 is 28.2 Å². The summed E-state index contributed by atoms with van der Waals surface area (Å²) in [6.45, 7) is 7.97. The molecule has 8 heteroatoms. The molecular formula is C20H28BNO5S. The third-order valence-corrected chi connectivity index (χ3v) is 9.73. The van der Waals surface area contributed by atoms with Gasteiger partial charge in [-0.15, -0.1) is 0 Å². The maximum absolute atomic E-state index is 13.0. The van der Waals surface area contributed by atoms with Crippen molar-refractivity contribution in [2.45, 2.75) is 81.5 Å². The van der Waals surface area contributed by atoms with Crippen molar-refractivity contribution in [3.05, 3.63) is 24.0 Å². The van der Waals surface area contributed by atoms with Gasteiger partial charge in [0.1, 0.15) is 5.69 Å². The molecule has 1 aromatic rings. The summed E-state index contributed by atoms with van der Waals surface area (Å²) in [6.07, 6.45) is 4.79. The summed E-state index contributed by atoms with van der Waals surface area (Å²) in [7, 11) is -3.57. The number of nitrogens with zero attached hydrogens (tertiary/aromatic N) is 1. The highest BCUT2D eigenvalue weighted by Gasteiger charge is 2.52. The minimum Gasteiger partial charge on any atom is -0.399 e. The molecule has 152 valence electrons. The van der Waals surface area contributed by atoms with Crippen LogP contribution in [0, 0.1) is 5.92 Å². The van der Waals surface area contributed by atoms with E-state index in [1.807, 2.05) is 33.8 Å². The highest BCUT2D eigenvalue weighted by Crippen LogP contribution is 2.40. The zero-order valence-electron chi connectivity index (χ0n) is 17.0. The lowest BCUT2D eigenvalue weighted by atomic mass is 9.80. The summed E-state index contributed by atoms with van der Waals surface area (Å²) in [5, 5.41) is -0.726. The van der Waals surface area contributed by atoms with Crippen molar-refractivity contribution >= 4 is 28.2 Å². The highest BCUT2D eigenvalue weighted by molar-refractivity contribution is 7.92. The largest absolute Gasteiger partial charge is 0.496 e. The van der Waals surface area contributed by atoms with E-state index in [0.717, 1.165) is 11.9 Å². The Morgan fingerprint density at radius 3 is 2.14 bits per heavy atom. The second-order valence-corrected chi connectivity index (χ2v) is 11.9. The van der Waals surface area contributed by atoms with Gasteiger partial charge < -0.3 is 9.31 Å². The molecule has 2 atom stereocenters. The molecule has 3 aliphatic heterocycles. The van der Waals surface area contributed by atoms with Crippen LogP contribution in [0.25, 0.3) is 0 Å². The molecule has 0 N–H and O–H groups in total. The molecule has 4 heterocycles. The molecule has 0 radical (unpaired) electrons. The van der Waals surface area contributed by atoms with Gasteiger partial charge in [-0.1, -0.05) is 12.5 Å². The molecule has 4 rings (SSSR count). The van der Waals surface area contributed by atoms with Crippen LogP contribution in [0.3, 0.4) is 0 Å². The van der Waals surface area contributed by atoms with E-state index in [9.17, 15) is 13.2 Å². The molecule has 3 aliphatic rings. The van der Waals surface area contributed by atoms with Crippen LogP contribution >= 0.6 is 0 Å². The van der Waals surface area contributed by atoms with Crippen LogP contribution < -0.4 is 5.46 Å². The molecule has 2 bridgehead atoms. The molecule has 0 amide bonds. The summed E-state index contributed by atoms with van der Waals surface area (Å²) < 4.78 is 36.9. The minimum atomic E-state index is -3.06. The van der Waals surface area contributed by atoms with E-state index in [1.165, 1.54) is 0 Å². The van der Waals surface area contributed by atoms with Crippen LogP contribution in [0.15, 0.2) is 18.3 Å². The van der Waals surface area contributed by atoms with Crippen LogP contribution in [0.1, 0.15) is 70.3 Å². The molecular weight excluding hydrogens is 377 g/mol. The van der Waals surface area contributed by atoms with Crippen molar-refractivity contribution in [2.75, 3.05) is 0 Å². The number of carbonyl (C=O) groups is 1. The zero-order chi connectivity index (χ0) is 20.3. The number of fused-ring (bicyclic) bond motifs is 2. The number of hydrogen-bond acceptors (Lipinski definition) is 6. The topological polar surface area (TPSA) is 82.6 Å². The summed E-state index contributed by atoms with van der Waals surface area (Å²) in [5.74, 6) is -0.304. The van der Waals surface area contributed by atoms with Gasteiger partial charge in [-0.05, 0) is 59.4 Å². The number of carbonyl (C=O) groups excluding carboxylic acids is 1. The Morgan fingerprint density at radius 2 is 1.64 bits per heavy atom. The number of rotatable bonds is 3. The van der Waals surface area contributed by atoms with E-state index in [0.29, 0.717) is 31.4 Å². The van der Waals surface area contributed by atoms with E-state index >= 15 is 0 Å². The molecule has 3 saturated heterocycles. The van der Waals surface area contributed by atoms with Crippen molar-refractivity contribution in [3.63, 3.8) is 0 Å². The van der Waals surface area contributed by atoms with Crippen LogP contribution in [0.5, 0.6) is 0 Å². The Labute approximate surface area is 167 Å². The number of Topliss-reactive ketones (excluding diaryl/α,β-unsaturated/α-hetero) is 1. The first-order chi connectivity index (χ1) is 13.0. The fraction of sp³-hybridized carbons (Fsp3) is 0.700. The SMILES string of the molecule is CC1(C)OB(c2ccc(C(=O)C3CC4CCCC(C3)S4(=O)=O)nc2)OC1(C)C. The maximum atomic E-state index is 13.0. The average Bonchev–Trinajstić information content (AvgIpc) is 2.81. The predicted octanol–water partition coefficient (Wildman–Crippen LogP) is 2.31. The smallest absolute Gasteiger partial charge is 0.399 e. The summed E-state index contributed by atoms with van der Waals surface area (Å²) in [5.41, 5.74) is 0.302. The van der Waals surface area contributed by atoms with Crippen LogP contribution in [-0.4, -0.2) is 48.0 Å². The second-order valence-electron chi connectivity index (χ2n) is 9.36. The minimum absolute atomic E-state index is 0.0488. The van der Waals surface area contributed by atoms with Gasteiger partial charge in [-0.3, -0.25) is 9.78 Å². The van der Waals surface area contributed by atoms with Crippen LogP contribution in [-0.2, 0) is 19.1 Å². The second kappa shape index (κ2) is 6.64. The Balaban J connectivity index is 1.48. The Bertz CT molecular complexity index is 844. The average molecular weight is 405 g/mol. The number of pyridine rings is 1. The summed E-state index contributed by atoms with van der Waals surface area (Å²) in [6, 6.07) is 3.53. The van der Waals surface area contributed by atoms with Crippen molar-refractivity contribution in [1.29, 1.82) is 0 Å². The van der Waals surface area contributed by atoms with Gasteiger partial charge in [0.2, 0.25) is 0 Å². The van der Waals surface area contributed by atoms with Gasteiger partial charge in [-0.25, -0.2) is 8.42 Å². The molecule has 3 fully saturated rings. The predicted molar refractivity (Wildman–Crippen MR) is 107 cm³/mol. The summed E-state index contributed by atoms with van der Waals surface area (Å²) >= 11 is 0. The standard InChI is InChI=1S/C20H28BNO5S/c1-19(2)20(3,4)27-21(26-19)14-8-9-17(22-12-14)18(23)13-10-15-6-5-7-16(11-13)28(15,24)25/h8-9,12-13,15-16H,5-7,10-11H2,1-4H3. The van der Waals surface area contributed by atoms with Gasteiger partial charge >= 0.3 is 7.12 Å². The molecule has 0 aromatic carbocycles. The first-order valence-electron chi connectivity index (χ1n) is 10.1. The molecule has 0 saturated carbocycles. The molecule has 1 aromatic heterocycles. The van der Waals surface area contributed by atoms with Crippen molar-refractivity contribution in [1.82, 2.24) is 4.98 Å². The van der Waals surface area contributed by atoms with Crippen LogP contribution in [0.2, 0.25) is 0 Å². The first-order valence-corrected chi connectivity index (χ1v) is 11.7. The lowest BCUT2D eigenvalue weighted by Crippen LogP contribution is -2.45. The normalized spacial score (nSPS) is 32.9. The quantitative estimate of drug-likeness (QED) is 0.567. The van der Waals surface area contributed by atoms with Gasteiger partial charge in [0.15, 0.2) is 15.6 Å². The molecule has 2 unspecified atom stereocenters. The highest BCUT2D eigenvalue weighted by atomic mass is 32.2. The van der Waals surface area contributed by atoms with Crippen molar-refractivity contribution in [2.24, 2.45) is 5.92 Å². The Hall–Kier alpha value is -1.25. The van der Waals surface area contributed by atoms with Crippen molar-refractivity contribution in [3.8, 4) is 0 Å². The Kier molecular flexibility index (Phi) is 4.75.